The van der Waals surface area contributed by atoms with Crippen LogP contribution < -0.4 is 11.5 Å². The quantitative estimate of drug-likeness (QED) is 0.485. The molecule has 94 valence electrons. The van der Waals surface area contributed by atoms with E-state index < -0.39 is 6.04 Å². The zero-order valence-corrected chi connectivity index (χ0v) is 9.77. The normalized spacial score (nSPS) is 12.8. The summed E-state index contributed by atoms with van der Waals surface area (Å²) in [6.07, 6.45) is 3.85. The lowest BCUT2D eigenvalue weighted by Crippen LogP contribution is -2.31. The van der Waals surface area contributed by atoms with Gasteiger partial charge in [-0.1, -0.05) is 12.8 Å². The number of hydrogen-bond acceptors (Lipinski definition) is 6. The Hall–Kier alpha value is -1.23. The van der Waals surface area contributed by atoms with Gasteiger partial charge in [-0.2, -0.15) is 9.59 Å². The van der Waals surface area contributed by atoms with E-state index in [1.54, 1.807) is 0 Å². The summed E-state index contributed by atoms with van der Waals surface area (Å²) in [4.78, 5) is 27.1. The highest BCUT2D eigenvalue weighted by molar-refractivity contribution is 5.75. The number of carbonyl (C=O) groups is 1. The first-order chi connectivity index (χ1) is 7.49. The molecule has 0 rings (SSSR count). The number of methoxy groups -OCH3 is 1. The Kier molecular flexibility index (Phi) is 12.7. The molecule has 0 saturated heterocycles. The number of hydrogen-bond donors (Lipinski definition) is 2. The van der Waals surface area contributed by atoms with E-state index in [-0.39, 0.29) is 18.2 Å². The lowest BCUT2D eigenvalue weighted by molar-refractivity contribution is -0.191. The molecule has 0 aliphatic rings. The van der Waals surface area contributed by atoms with Gasteiger partial charge in [-0.25, -0.2) is 0 Å². The number of nitrogens with two attached hydrogens (primary N) is 2. The van der Waals surface area contributed by atoms with Crippen LogP contribution in [-0.2, 0) is 19.1 Å². The molecule has 0 aromatic rings. The van der Waals surface area contributed by atoms with Crippen molar-refractivity contribution in [3.63, 3.8) is 0 Å². The Labute approximate surface area is 95.3 Å². The Bertz CT molecular complexity index is 213. The lowest BCUT2D eigenvalue weighted by Gasteiger charge is -2.09. The highest BCUT2D eigenvalue weighted by Gasteiger charge is 2.12. The number of unbranched alkanes of at least 4 members (excludes halogenated alkanes) is 1. The molecule has 0 radical (unpaired) electrons. The predicted molar refractivity (Wildman–Crippen MR) is 57.1 cm³/mol. The fourth-order valence-electron chi connectivity index (χ4n) is 1.10. The van der Waals surface area contributed by atoms with E-state index in [0.717, 1.165) is 19.3 Å². The minimum Gasteiger partial charge on any atom is -0.468 e. The summed E-state index contributed by atoms with van der Waals surface area (Å²) < 4.78 is 4.50. The predicted octanol–water partition coefficient (Wildman–Crippen LogP) is -0.189. The van der Waals surface area contributed by atoms with Crippen molar-refractivity contribution in [3.05, 3.63) is 0 Å². The second-order valence-electron chi connectivity index (χ2n) is 3.47. The van der Waals surface area contributed by atoms with E-state index in [0.29, 0.717) is 6.42 Å². The SMILES string of the molecule is COC(=O)[C@@H](N)CCCC[C@@H](C)N.O=C=O. The average Bonchev–Trinajstić information content (AvgIpc) is 2.23. The van der Waals surface area contributed by atoms with Crippen LogP contribution in [-0.4, -0.2) is 31.3 Å². The van der Waals surface area contributed by atoms with Gasteiger partial charge in [-0.3, -0.25) is 4.79 Å². The van der Waals surface area contributed by atoms with Crippen LogP contribution in [0.4, 0.5) is 0 Å². The van der Waals surface area contributed by atoms with Gasteiger partial charge in [0.2, 0.25) is 0 Å². The maximum Gasteiger partial charge on any atom is 0.373 e. The van der Waals surface area contributed by atoms with Crippen molar-refractivity contribution in [1.29, 1.82) is 0 Å². The summed E-state index contributed by atoms with van der Waals surface area (Å²) in [5.41, 5.74) is 11.1. The molecule has 6 heteroatoms. The van der Waals surface area contributed by atoms with Crippen LogP contribution in [0.1, 0.15) is 32.6 Å². The third-order valence-electron chi connectivity index (χ3n) is 1.93. The van der Waals surface area contributed by atoms with Gasteiger partial charge in [0.15, 0.2) is 0 Å². The van der Waals surface area contributed by atoms with Gasteiger partial charge in [0.05, 0.1) is 7.11 Å². The Balaban J connectivity index is 0. The van der Waals surface area contributed by atoms with Crippen LogP contribution in [0.25, 0.3) is 0 Å². The van der Waals surface area contributed by atoms with E-state index in [1.807, 2.05) is 6.92 Å². The van der Waals surface area contributed by atoms with E-state index >= 15 is 0 Å². The average molecular weight is 232 g/mol. The largest absolute Gasteiger partial charge is 0.468 e. The number of carbonyl (C=O) groups excluding carboxylic acids is 3. The van der Waals surface area contributed by atoms with Gasteiger partial charge < -0.3 is 16.2 Å². The fourth-order valence-corrected chi connectivity index (χ4v) is 1.10. The first-order valence-corrected chi connectivity index (χ1v) is 5.07. The van der Waals surface area contributed by atoms with Gasteiger partial charge in [0.25, 0.3) is 0 Å². The van der Waals surface area contributed by atoms with Crippen LogP contribution in [0.15, 0.2) is 0 Å². The Morgan fingerprint density at radius 2 is 1.69 bits per heavy atom. The molecule has 0 bridgehead atoms. The molecule has 0 aromatic heterocycles. The number of rotatable bonds is 6. The molecule has 6 nitrogen and oxygen atoms in total. The molecule has 0 fully saturated rings. The van der Waals surface area contributed by atoms with E-state index in [9.17, 15) is 4.79 Å². The van der Waals surface area contributed by atoms with Crippen molar-refractivity contribution in [2.75, 3.05) is 7.11 Å². The molecule has 0 spiro atoms. The summed E-state index contributed by atoms with van der Waals surface area (Å²) >= 11 is 0. The van der Waals surface area contributed by atoms with Crippen molar-refractivity contribution in [2.24, 2.45) is 11.5 Å². The molecule has 0 heterocycles. The molecular weight excluding hydrogens is 212 g/mol. The van der Waals surface area contributed by atoms with Crippen LogP contribution in [0.2, 0.25) is 0 Å². The molecular formula is C10H20N2O4. The molecule has 0 unspecified atom stereocenters. The first-order valence-electron chi connectivity index (χ1n) is 5.07. The van der Waals surface area contributed by atoms with E-state index in [1.165, 1.54) is 7.11 Å². The van der Waals surface area contributed by atoms with Crippen molar-refractivity contribution in [1.82, 2.24) is 0 Å². The minimum absolute atomic E-state index is 0.231. The van der Waals surface area contributed by atoms with Gasteiger partial charge >= 0.3 is 12.1 Å². The van der Waals surface area contributed by atoms with Gasteiger partial charge in [-0.05, 0) is 19.8 Å². The zero-order valence-electron chi connectivity index (χ0n) is 9.77. The second-order valence-corrected chi connectivity index (χ2v) is 3.47. The van der Waals surface area contributed by atoms with Crippen molar-refractivity contribution < 1.29 is 19.1 Å². The standard InChI is InChI=1S/C9H20N2O2.CO2/c1-7(10)5-3-4-6-8(11)9(12)13-2;2-1-3/h7-8H,3-6,10-11H2,1-2H3;/t7-,8+;/m1./s1. The third kappa shape index (κ3) is 12.8. The topological polar surface area (TPSA) is 112 Å². The summed E-state index contributed by atoms with van der Waals surface area (Å²) in [5, 5.41) is 0. The summed E-state index contributed by atoms with van der Waals surface area (Å²) in [6.45, 7) is 1.97. The molecule has 2 atom stereocenters. The smallest absolute Gasteiger partial charge is 0.373 e. The molecule has 16 heavy (non-hydrogen) atoms. The van der Waals surface area contributed by atoms with Crippen molar-refractivity contribution in [2.45, 2.75) is 44.7 Å². The van der Waals surface area contributed by atoms with Crippen LogP contribution in [0.3, 0.4) is 0 Å². The van der Waals surface area contributed by atoms with Gasteiger partial charge in [-0.15, -0.1) is 0 Å². The fraction of sp³-hybridized carbons (Fsp3) is 0.800. The van der Waals surface area contributed by atoms with Crippen LogP contribution >= 0.6 is 0 Å². The molecule has 0 aromatic carbocycles. The summed E-state index contributed by atoms with van der Waals surface area (Å²) in [6, 6.07) is -0.243. The summed E-state index contributed by atoms with van der Waals surface area (Å²) in [5.74, 6) is -0.333. The van der Waals surface area contributed by atoms with Crippen molar-refractivity contribution in [3.8, 4) is 0 Å². The number of esters is 1. The first kappa shape index (κ1) is 17.2. The van der Waals surface area contributed by atoms with E-state index in [4.69, 9.17) is 21.1 Å². The minimum atomic E-state index is -0.474. The maximum atomic E-state index is 10.9. The molecule has 0 aliphatic heterocycles. The number of ether oxygens (including phenoxy) is 1. The van der Waals surface area contributed by atoms with Crippen molar-refractivity contribution >= 4 is 12.1 Å². The van der Waals surface area contributed by atoms with E-state index in [2.05, 4.69) is 4.74 Å². The zero-order chi connectivity index (χ0) is 13.0. The van der Waals surface area contributed by atoms with Gasteiger partial charge in [0, 0.05) is 6.04 Å². The molecule has 0 aliphatic carbocycles. The summed E-state index contributed by atoms with van der Waals surface area (Å²) in [7, 11) is 1.35. The molecule has 4 N–H and O–H groups in total. The van der Waals surface area contributed by atoms with Gasteiger partial charge in [0.1, 0.15) is 6.04 Å². The Morgan fingerprint density at radius 1 is 1.25 bits per heavy atom. The highest BCUT2D eigenvalue weighted by Crippen LogP contribution is 2.04. The van der Waals surface area contributed by atoms with Crippen LogP contribution in [0.5, 0.6) is 0 Å². The molecule has 0 saturated carbocycles. The van der Waals surface area contributed by atoms with Crippen LogP contribution in [0, 0.1) is 0 Å². The second kappa shape index (κ2) is 11.8. The maximum absolute atomic E-state index is 10.9. The lowest BCUT2D eigenvalue weighted by atomic mass is 10.1. The highest BCUT2D eigenvalue weighted by atomic mass is 16.5. The monoisotopic (exact) mass is 232 g/mol. The molecule has 0 amide bonds. The third-order valence-corrected chi connectivity index (χ3v) is 1.93. The Morgan fingerprint density at radius 3 is 2.06 bits per heavy atom.